The third kappa shape index (κ3) is 2.95. The van der Waals surface area contributed by atoms with Gasteiger partial charge in [-0.25, -0.2) is 12.8 Å². The summed E-state index contributed by atoms with van der Waals surface area (Å²) in [6.07, 6.45) is 0. The van der Waals surface area contributed by atoms with E-state index in [0.29, 0.717) is 17.9 Å². The van der Waals surface area contributed by atoms with Gasteiger partial charge in [0, 0.05) is 24.7 Å². The molecule has 2 aromatic carbocycles. The Labute approximate surface area is 160 Å². The van der Waals surface area contributed by atoms with Gasteiger partial charge in [0.1, 0.15) is 5.82 Å². The summed E-state index contributed by atoms with van der Waals surface area (Å²) in [4.78, 5) is 2.53. The van der Waals surface area contributed by atoms with Crippen LogP contribution in [0.4, 0.5) is 10.1 Å². The molecule has 4 atom stereocenters. The fourth-order valence-electron chi connectivity index (χ4n) is 4.81. The molecular formula is C21H25FN2O2S. The number of halogens is 1. The van der Waals surface area contributed by atoms with Crippen LogP contribution in [-0.2, 0) is 9.84 Å². The Kier molecular flexibility index (Phi) is 4.51. The largest absolute Gasteiger partial charge is 0.370 e. The molecule has 1 fully saturated rings. The number of nitrogens with one attached hydrogen (secondary N) is 1. The second kappa shape index (κ2) is 6.60. The van der Waals surface area contributed by atoms with Crippen LogP contribution in [0.25, 0.3) is 0 Å². The van der Waals surface area contributed by atoms with Crippen LogP contribution in [0.5, 0.6) is 0 Å². The average molecular weight is 389 g/mol. The molecule has 0 radical (unpaired) electrons. The third-order valence-corrected chi connectivity index (χ3v) is 7.85. The first-order valence-corrected chi connectivity index (χ1v) is 10.9. The summed E-state index contributed by atoms with van der Waals surface area (Å²) in [7, 11) is -1.66. The van der Waals surface area contributed by atoms with Gasteiger partial charge in [-0.2, -0.15) is 0 Å². The highest BCUT2D eigenvalue weighted by molar-refractivity contribution is 7.91. The van der Waals surface area contributed by atoms with Crippen LogP contribution in [0.2, 0.25) is 0 Å². The summed E-state index contributed by atoms with van der Waals surface area (Å²) in [6, 6.07) is 10.9. The van der Waals surface area contributed by atoms with Gasteiger partial charge in [0.25, 0.3) is 0 Å². The van der Waals surface area contributed by atoms with Gasteiger partial charge < -0.3 is 10.2 Å². The van der Waals surface area contributed by atoms with Gasteiger partial charge in [-0.15, -0.1) is 0 Å². The third-order valence-electron chi connectivity index (χ3n) is 6.10. The van der Waals surface area contributed by atoms with Gasteiger partial charge in [-0.3, -0.25) is 0 Å². The quantitative estimate of drug-likeness (QED) is 0.856. The lowest BCUT2D eigenvalue weighted by Gasteiger charge is -2.32. The first-order valence-electron chi connectivity index (χ1n) is 9.39. The van der Waals surface area contributed by atoms with Crippen LogP contribution < -0.4 is 10.2 Å². The lowest BCUT2D eigenvalue weighted by molar-refractivity contribution is 0.374. The monoisotopic (exact) mass is 388 g/mol. The molecule has 4 rings (SSSR count). The highest BCUT2D eigenvalue weighted by Gasteiger charge is 2.44. The zero-order valence-electron chi connectivity index (χ0n) is 15.8. The first kappa shape index (κ1) is 18.4. The predicted octanol–water partition coefficient (Wildman–Crippen LogP) is 3.44. The van der Waals surface area contributed by atoms with Gasteiger partial charge in [-0.05, 0) is 66.9 Å². The molecule has 1 saturated heterocycles. The van der Waals surface area contributed by atoms with E-state index >= 15 is 0 Å². The van der Waals surface area contributed by atoms with Crippen LogP contribution in [0.15, 0.2) is 52.3 Å². The molecule has 6 heteroatoms. The molecule has 0 bridgehead atoms. The molecule has 2 aliphatic heterocycles. The van der Waals surface area contributed by atoms with Crippen molar-refractivity contribution in [2.75, 3.05) is 25.0 Å². The Hall–Kier alpha value is -1.92. The molecule has 4 nitrogen and oxygen atoms in total. The number of benzene rings is 2. The second-order valence-electron chi connectivity index (χ2n) is 7.92. The lowest BCUT2D eigenvalue weighted by Crippen LogP contribution is -2.39. The standard InChI is InChI=1S/C21H25FN2O2S/c1-13-11-23-12-14(2)21-20(13)18-10-17(7-8-19(18)24(21)3)27(25,26)16-6-4-5-15(22)9-16/h4-10,13-14,20-21,23H,11-12H2,1-3H3/t13?,14?,20-,21+/m0/s1. The molecule has 2 aliphatic rings. The van der Waals surface area contributed by atoms with Crippen molar-refractivity contribution in [3.63, 3.8) is 0 Å². The zero-order chi connectivity index (χ0) is 19.3. The fraction of sp³-hybridized carbons (Fsp3) is 0.429. The van der Waals surface area contributed by atoms with E-state index in [1.807, 2.05) is 12.1 Å². The van der Waals surface area contributed by atoms with Gasteiger partial charge in [0.05, 0.1) is 9.79 Å². The smallest absolute Gasteiger partial charge is 0.206 e. The number of sulfone groups is 1. The summed E-state index contributed by atoms with van der Waals surface area (Å²) in [5.74, 6) is 0.586. The minimum atomic E-state index is -3.75. The Morgan fingerprint density at radius 3 is 2.48 bits per heavy atom. The number of likely N-dealkylation sites (N-methyl/N-ethyl adjacent to an activating group) is 1. The van der Waals surface area contributed by atoms with Crippen LogP contribution >= 0.6 is 0 Å². The van der Waals surface area contributed by atoms with E-state index in [1.54, 1.807) is 6.07 Å². The molecule has 0 spiro atoms. The fourth-order valence-corrected chi connectivity index (χ4v) is 6.14. The number of rotatable bonds is 2. The summed E-state index contributed by atoms with van der Waals surface area (Å²) in [6.45, 7) is 6.34. The van der Waals surface area contributed by atoms with E-state index < -0.39 is 15.7 Å². The van der Waals surface area contributed by atoms with Crippen molar-refractivity contribution >= 4 is 15.5 Å². The maximum Gasteiger partial charge on any atom is 0.206 e. The molecule has 27 heavy (non-hydrogen) atoms. The molecule has 1 N–H and O–H groups in total. The van der Waals surface area contributed by atoms with Crippen LogP contribution in [0.1, 0.15) is 25.3 Å². The topological polar surface area (TPSA) is 49.4 Å². The average Bonchev–Trinajstić information content (AvgIpc) is 2.84. The molecular weight excluding hydrogens is 363 g/mol. The van der Waals surface area contributed by atoms with Crippen molar-refractivity contribution in [3.05, 3.63) is 53.8 Å². The number of nitrogens with zero attached hydrogens (tertiary/aromatic N) is 1. The van der Waals surface area contributed by atoms with Gasteiger partial charge in [0.2, 0.25) is 9.84 Å². The highest BCUT2D eigenvalue weighted by Crippen LogP contribution is 2.48. The minimum Gasteiger partial charge on any atom is -0.370 e. The molecule has 0 saturated carbocycles. The normalized spacial score (nSPS) is 27.8. The van der Waals surface area contributed by atoms with Crippen LogP contribution in [0.3, 0.4) is 0 Å². The lowest BCUT2D eigenvalue weighted by atomic mass is 9.80. The second-order valence-corrected chi connectivity index (χ2v) is 9.87. The predicted molar refractivity (Wildman–Crippen MR) is 104 cm³/mol. The first-order chi connectivity index (χ1) is 12.8. The zero-order valence-corrected chi connectivity index (χ0v) is 16.6. The maximum atomic E-state index is 13.6. The van der Waals surface area contributed by atoms with E-state index in [0.717, 1.165) is 30.4 Å². The van der Waals surface area contributed by atoms with E-state index in [-0.39, 0.29) is 15.7 Å². The van der Waals surface area contributed by atoms with E-state index in [1.165, 1.54) is 18.2 Å². The molecule has 2 unspecified atom stereocenters. The Bertz CT molecular complexity index is 976. The molecule has 2 heterocycles. The molecule has 0 amide bonds. The van der Waals surface area contributed by atoms with Crippen LogP contribution in [-0.4, -0.2) is 34.6 Å². The van der Waals surface area contributed by atoms with E-state index in [4.69, 9.17) is 0 Å². The van der Waals surface area contributed by atoms with Crippen molar-refractivity contribution < 1.29 is 12.8 Å². The molecule has 2 aromatic rings. The van der Waals surface area contributed by atoms with Crippen molar-refractivity contribution in [2.24, 2.45) is 11.8 Å². The van der Waals surface area contributed by atoms with Gasteiger partial charge >= 0.3 is 0 Å². The van der Waals surface area contributed by atoms with E-state index in [2.05, 4.69) is 31.1 Å². The van der Waals surface area contributed by atoms with Crippen LogP contribution in [0, 0.1) is 17.7 Å². The summed E-state index contributed by atoms with van der Waals surface area (Å²) in [5.41, 5.74) is 2.19. The summed E-state index contributed by atoms with van der Waals surface area (Å²) in [5, 5.41) is 3.52. The number of fused-ring (bicyclic) bond motifs is 3. The van der Waals surface area contributed by atoms with Gasteiger partial charge in [0.15, 0.2) is 0 Å². The molecule has 144 valence electrons. The Morgan fingerprint density at radius 2 is 1.74 bits per heavy atom. The molecule has 0 aliphatic carbocycles. The maximum absolute atomic E-state index is 13.6. The Morgan fingerprint density at radius 1 is 1.04 bits per heavy atom. The minimum absolute atomic E-state index is 0.00528. The Balaban J connectivity index is 1.82. The number of hydrogen-bond donors (Lipinski definition) is 1. The van der Waals surface area contributed by atoms with Crippen molar-refractivity contribution in [3.8, 4) is 0 Å². The van der Waals surface area contributed by atoms with Crippen molar-refractivity contribution in [2.45, 2.75) is 35.6 Å². The number of anilines is 1. The van der Waals surface area contributed by atoms with Crippen molar-refractivity contribution in [1.82, 2.24) is 5.32 Å². The van der Waals surface area contributed by atoms with Gasteiger partial charge in [-0.1, -0.05) is 19.9 Å². The number of hydrogen-bond acceptors (Lipinski definition) is 4. The van der Waals surface area contributed by atoms with E-state index in [9.17, 15) is 12.8 Å². The summed E-state index contributed by atoms with van der Waals surface area (Å²) >= 11 is 0. The SMILES string of the molecule is CC1CNCC(C)[C@@H]2[C@@H]1c1cc(S(=O)(=O)c3cccc(F)c3)ccc1N2C. The molecule has 0 aromatic heterocycles. The summed E-state index contributed by atoms with van der Waals surface area (Å²) < 4.78 is 39.7. The highest BCUT2D eigenvalue weighted by atomic mass is 32.2. The van der Waals surface area contributed by atoms with Crippen molar-refractivity contribution in [1.29, 1.82) is 0 Å².